The summed E-state index contributed by atoms with van der Waals surface area (Å²) in [4.78, 5) is 8.25. The smallest absolute Gasteiger partial charge is 0.243 e. The Bertz CT molecular complexity index is 755. The van der Waals surface area contributed by atoms with Crippen molar-refractivity contribution in [2.24, 2.45) is 0 Å². The van der Waals surface area contributed by atoms with Crippen molar-refractivity contribution in [3.05, 3.63) is 48.4 Å². The molecule has 2 heterocycles. The summed E-state index contributed by atoms with van der Waals surface area (Å²) in [7, 11) is -3.43. The third-order valence-corrected chi connectivity index (χ3v) is 6.13. The van der Waals surface area contributed by atoms with Crippen molar-refractivity contribution in [3.8, 4) is 5.88 Å². The summed E-state index contributed by atoms with van der Waals surface area (Å²) < 4.78 is 32.7. The molecule has 128 valence electrons. The summed E-state index contributed by atoms with van der Waals surface area (Å²) in [6, 6.07) is 8.84. The number of aryl methyl sites for hydroxylation is 1. The van der Waals surface area contributed by atoms with Gasteiger partial charge in [-0.1, -0.05) is 19.1 Å². The maximum absolute atomic E-state index is 12.7. The summed E-state index contributed by atoms with van der Waals surface area (Å²) in [5, 5.41) is 0. The number of benzene rings is 1. The molecule has 0 N–H and O–H groups in total. The van der Waals surface area contributed by atoms with Crippen molar-refractivity contribution < 1.29 is 13.2 Å². The van der Waals surface area contributed by atoms with Crippen molar-refractivity contribution in [1.29, 1.82) is 0 Å². The maximum Gasteiger partial charge on any atom is 0.243 e. The van der Waals surface area contributed by atoms with E-state index in [0.29, 0.717) is 36.7 Å². The van der Waals surface area contributed by atoms with E-state index in [0.717, 1.165) is 12.0 Å². The average molecular weight is 347 g/mol. The second-order valence-corrected chi connectivity index (χ2v) is 7.70. The van der Waals surface area contributed by atoms with E-state index in [-0.39, 0.29) is 6.10 Å². The Morgan fingerprint density at radius 3 is 2.46 bits per heavy atom. The van der Waals surface area contributed by atoms with Gasteiger partial charge in [-0.3, -0.25) is 0 Å². The molecule has 7 heteroatoms. The van der Waals surface area contributed by atoms with E-state index in [1.165, 1.54) is 10.6 Å². The van der Waals surface area contributed by atoms with Crippen molar-refractivity contribution >= 4 is 10.0 Å². The molecule has 0 amide bonds. The van der Waals surface area contributed by atoms with Gasteiger partial charge in [-0.05, 0) is 37.0 Å². The van der Waals surface area contributed by atoms with E-state index in [9.17, 15) is 8.42 Å². The van der Waals surface area contributed by atoms with E-state index >= 15 is 0 Å². The van der Waals surface area contributed by atoms with Gasteiger partial charge in [0.15, 0.2) is 0 Å². The van der Waals surface area contributed by atoms with Crippen molar-refractivity contribution in [2.45, 2.75) is 37.2 Å². The molecular formula is C17H21N3O3S. The Kier molecular flexibility index (Phi) is 5.11. The number of hydrogen-bond acceptors (Lipinski definition) is 5. The average Bonchev–Trinajstić information content (AvgIpc) is 2.63. The lowest BCUT2D eigenvalue weighted by molar-refractivity contribution is 0.129. The van der Waals surface area contributed by atoms with E-state index < -0.39 is 10.0 Å². The van der Waals surface area contributed by atoms with Crippen LogP contribution in [-0.2, 0) is 16.4 Å². The quantitative estimate of drug-likeness (QED) is 0.830. The summed E-state index contributed by atoms with van der Waals surface area (Å²) in [6.07, 6.45) is 5.24. The van der Waals surface area contributed by atoms with Crippen LogP contribution < -0.4 is 4.74 Å². The molecule has 0 atom stereocenters. The van der Waals surface area contributed by atoms with Gasteiger partial charge in [0.1, 0.15) is 12.4 Å². The van der Waals surface area contributed by atoms with Gasteiger partial charge in [-0.15, -0.1) is 0 Å². The van der Waals surface area contributed by atoms with Gasteiger partial charge in [-0.2, -0.15) is 4.31 Å². The summed E-state index contributed by atoms with van der Waals surface area (Å²) in [5.41, 5.74) is 1.13. The van der Waals surface area contributed by atoms with Crippen LogP contribution in [0.3, 0.4) is 0 Å². The molecule has 0 bridgehead atoms. The van der Waals surface area contributed by atoms with Crippen LogP contribution >= 0.6 is 0 Å². The van der Waals surface area contributed by atoms with Gasteiger partial charge in [0, 0.05) is 25.4 Å². The number of hydrogen-bond donors (Lipinski definition) is 0. The monoisotopic (exact) mass is 347 g/mol. The zero-order chi connectivity index (χ0) is 17.0. The predicted octanol–water partition coefficient (Wildman–Crippen LogP) is 2.27. The molecule has 0 aliphatic carbocycles. The Morgan fingerprint density at radius 1 is 1.17 bits per heavy atom. The zero-order valence-corrected chi connectivity index (χ0v) is 14.4. The van der Waals surface area contributed by atoms with E-state index in [1.807, 2.05) is 19.1 Å². The SMILES string of the molecule is CCc1ccc(S(=O)(=O)N2CCC(Oc3ccncn3)CC2)cc1. The first-order valence-corrected chi connectivity index (χ1v) is 9.55. The first-order valence-electron chi connectivity index (χ1n) is 8.11. The van der Waals surface area contributed by atoms with Gasteiger partial charge in [0.05, 0.1) is 4.90 Å². The molecule has 24 heavy (non-hydrogen) atoms. The third kappa shape index (κ3) is 3.73. The molecule has 1 aromatic carbocycles. The maximum atomic E-state index is 12.7. The number of ether oxygens (including phenoxy) is 1. The first-order chi connectivity index (χ1) is 11.6. The van der Waals surface area contributed by atoms with E-state index in [1.54, 1.807) is 24.4 Å². The molecule has 6 nitrogen and oxygen atoms in total. The summed E-state index contributed by atoms with van der Waals surface area (Å²) >= 11 is 0. The van der Waals surface area contributed by atoms with Crippen LogP contribution in [-0.4, -0.2) is 41.9 Å². The van der Waals surface area contributed by atoms with Crippen LogP contribution in [0.25, 0.3) is 0 Å². The van der Waals surface area contributed by atoms with Crippen molar-refractivity contribution in [1.82, 2.24) is 14.3 Å². The van der Waals surface area contributed by atoms with Crippen LogP contribution in [0.5, 0.6) is 5.88 Å². The van der Waals surface area contributed by atoms with Crippen LogP contribution in [0.4, 0.5) is 0 Å². The standard InChI is InChI=1S/C17H21N3O3S/c1-2-14-3-5-16(6-4-14)24(21,22)20-11-8-15(9-12-20)23-17-7-10-18-13-19-17/h3-7,10,13,15H,2,8-9,11-12H2,1H3. The number of piperidine rings is 1. The lowest BCUT2D eigenvalue weighted by atomic mass is 10.1. The Balaban J connectivity index is 1.62. The lowest BCUT2D eigenvalue weighted by Crippen LogP contribution is -2.41. The molecule has 2 aromatic rings. The molecule has 0 radical (unpaired) electrons. The zero-order valence-electron chi connectivity index (χ0n) is 13.6. The molecule has 3 rings (SSSR count). The highest BCUT2D eigenvalue weighted by Gasteiger charge is 2.30. The number of sulfonamides is 1. The fraction of sp³-hybridized carbons (Fsp3) is 0.412. The second kappa shape index (κ2) is 7.27. The molecule has 1 aliphatic rings. The molecule has 0 saturated carbocycles. The summed E-state index contributed by atoms with van der Waals surface area (Å²) in [6.45, 7) is 2.95. The van der Waals surface area contributed by atoms with Gasteiger partial charge < -0.3 is 4.74 Å². The lowest BCUT2D eigenvalue weighted by Gasteiger charge is -2.31. The highest BCUT2D eigenvalue weighted by Crippen LogP contribution is 2.23. The second-order valence-electron chi connectivity index (χ2n) is 5.77. The largest absolute Gasteiger partial charge is 0.474 e. The van der Waals surface area contributed by atoms with E-state index in [4.69, 9.17) is 4.74 Å². The van der Waals surface area contributed by atoms with Gasteiger partial charge in [-0.25, -0.2) is 18.4 Å². The highest BCUT2D eigenvalue weighted by atomic mass is 32.2. The normalized spacial score (nSPS) is 16.9. The van der Waals surface area contributed by atoms with Gasteiger partial charge in [0.2, 0.25) is 15.9 Å². The fourth-order valence-electron chi connectivity index (χ4n) is 2.76. The Morgan fingerprint density at radius 2 is 1.88 bits per heavy atom. The molecule has 1 aromatic heterocycles. The first kappa shape index (κ1) is 16.9. The topological polar surface area (TPSA) is 72.4 Å². The van der Waals surface area contributed by atoms with Crippen LogP contribution in [0.2, 0.25) is 0 Å². The third-order valence-electron chi connectivity index (χ3n) is 4.21. The van der Waals surface area contributed by atoms with E-state index in [2.05, 4.69) is 9.97 Å². The molecule has 0 unspecified atom stereocenters. The number of aromatic nitrogens is 2. The highest BCUT2D eigenvalue weighted by molar-refractivity contribution is 7.89. The van der Waals surface area contributed by atoms with Gasteiger partial charge in [0.25, 0.3) is 0 Å². The van der Waals surface area contributed by atoms with Crippen LogP contribution in [0.15, 0.2) is 47.8 Å². The number of rotatable bonds is 5. The molecule has 1 saturated heterocycles. The van der Waals surface area contributed by atoms with Crippen molar-refractivity contribution in [2.75, 3.05) is 13.1 Å². The minimum atomic E-state index is -3.43. The van der Waals surface area contributed by atoms with Crippen LogP contribution in [0, 0.1) is 0 Å². The van der Waals surface area contributed by atoms with Gasteiger partial charge >= 0.3 is 0 Å². The molecule has 1 fully saturated rings. The number of nitrogens with zero attached hydrogens (tertiary/aromatic N) is 3. The van der Waals surface area contributed by atoms with Crippen molar-refractivity contribution in [3.63, 3.8) is 0 Å². The minimum absolute atomic E-state index is 0.0196. The molecular weight excluding hydrogens is 326 g/mol. The molecule has 1 aliphatic heterocycles. The molecule has 0 spiro atoms. The van der Waals surface area contributed by atoms with Crippen LogP contribution in [0.1, 0.15) is 25.3 Å². The Hall–Kier alpha value is -1.99. The predicted molar refractivity (Wildman–Crippen MR) is 90.3 cm³/mol. The Labute approximate surface area is 142 Å². The summed E-state index contributed by atoms with van der Waals surface area (Å²) in [5.74, 6) is 0.529. The minimum Gasteiger partial charge on any atom is -0.474 e. The fourth-order valence-corrected chi connectivity index (χ4v) is 4.23.